The highest BCUT2D eigenvalue weighted by molar-refractivity contribution is 7.79. The standard InChI is InChI=1S/C5H8N4OS.C4H6N4OS.CH4/c6-3-4(7)8-2(1-11)9-5(3)10;5-1-2(6)7-4(10)8-3(1)9;/h11H,1,6H2,(H3,7,8,9,10);5H2,(H4,6,7,8,9,10);1H4. The number of hydrogen-bond donors (Lipinski definition) is 8. The average molecular weight is 346 g/mol. The van der Waals surface area contributed by atoms with Crippen LogP contribution in [0, 0.1) is 4.77 Å². The summed E-state index contributed by atoms with van der Waals surface area (Å²) >= 11 is 8.51. The van der Waals surface area contributed by atoms with E-state index in [0.717, 1.165) is 0 Å². The highest BCUT2D eigenvalue weighted by Gasteiger charge is 2.02. The van der Waals surface area contributed by atoms with E-state index in [-0.39, 0.29) is 35.2 Å². The van der Waals surface area contributed by atoms with Gasteiger partial charge in [0, 0.05) is 5.75 Å². The molecule has 122 valence electrons. The largest absolute Gasteiger partial charge is 0.391 e. The van der Waals surface area contributed by atoms with E-state index in [9.17, 15) is 9.59 Å². The molecule has 0 aliphatic rings. The van der Waals surface area contributed by atoms with Crippen LogP contribution in [0.1, 0.15) is 13.3 Å². The van der Waals surface area contributed by atoms with Gasteiger partial charge in [-0.1, -0.05) is 7.43 Å². The van der Waals surface area contributed by atoms with Gasteiger partial charge in [0.05, 0.1) is 0 Å². The Balaban J connectivity index is 0.000000385. The van der Waals surface area contributed by atoms with Crippen molar-refractivity contribution in [3.05, 3.63) is 31.3 Å². The summed E-state index contributed by atoms with van der Waals surface area (Å²) in [6.45, 7) is 0. The van der Waals surface area contributed by atoms with Gasteiger partial charge in [-0.05, 0) is 12.2 Å². The van der Waals surface area contributed by atoms with E-state index in [2.05, 4.69) is 44.8 Å². The van der Waals surface area contributed by atoms with Crippen LogP contribution in [0.4, 0.5) is 23.0 Å². The quantitative estimate of drug-likeness (QED) is 0.252. The van der Waals surface area contributed by atoms with Crippen LogP contribution < -0.4 is 34.1 Å². The third-order valence-corrected chi connectivity index (χ3v) is 2.70. The van der Waals surface area contributed by atoms with Crippen molar-refractivity contribution in [1.29, 1.82) is 0 Å². The fourth-order valence-corrected chi connectivity index (χ4v) is 1.49. The van der Waals surface area contributed by atoms with Crippen LogP contribution in [0.15, 0.2) is 9.59 Å². The van der Waals surface area contributed by atoms with Gasteiger partial charge in [0.25, 0.3) is 11.1 Å². The molecule has 0 saturated carbocycles. The molecule has 12 heteroatoms. The Labute approximate surface area is 135 Å². The third-order valence-electron chi connectivity index (χ3n) is 2.19. The second-order valence-corrected chi connectivity index (χ2v) is 4.43. The van der Waals surface area contributed by atoms with Gasteiger partial charge in [-0.2, -0.15) is 12.6 Å². The number of H-pyrrole nitrogens is 3. The van der Waals surface area contributed by atoms with Crippen LogP contribution in [0.25, 0.3) is 0 Å². The predicted molar refractivity (Wildman–Crippen MR) is 94.2 cm³/mol. The molecule has 0 aliphatic carbocycles. The van der Waals surface area contributed by atoms with Crippen molar-refractivity contribution < 1.29 is 0 Å². The Bertz CT molecular complexity index is 810. The molecule has 0 atom stereocenters. The Morgan fingerprint density at radius 2 is 1.55 bits per heavy atom. The van der Waals surface area contributed by atoms with E-state index in [1.807, 2.05) is 0 Å². The fraction of sp³-hybridized carbons (Fsp3) is 0.200. The predicted octanol–water partition coefficient (Wildman–Crippen LogP) is -0.403. The maximum Gasteiger partial charge on any atom is 0.277 e. The number of aromatic amines is 3. The molecule has 0 bridgehead atoms. The summed E-state index contributed by atoms with van der Waals surface area (Å²) in [6, 6.07) is 0. The molecule has 0 aromatic carbocycles. The Morgan fingerprint density at radius 3 is 2.00 bits per heavy atom. The minimum absolute atomic E-state index is 0. The van der Waals surface area contributed by atoms with Crippen molar-refractivity contribution in [2.45, 2.75) is 13.2 Å². The van der Waals surface area contributed by atoms with Gasteiger partial charge in [-0.15, -0.1) is 0 Å². The SMILES string of the molecule is C.Nc1[nH]c(=S)[nH]c(=O)c1N.Nc1nc(CS)[nH]c(=O)c1N. The summed E-state index contributed by atoms with van der Waals surface area (Å²) in [5.74, 6) is 0.913. The van der Waals surface area contributed by atoms with Crippen molar-refractivity contribution in [3.63, 3.8) is 0 Å². The van der Waals surface area contributed by atoms with E-state index >= 15 is 0 Å². The number of nitrogens with two attached hydrogens (primary N) is 4. The lowest BCUT2D eigenvalue weighted by atomic mass is 10.5. The number of nitrogens with zero attached hydrogens (tertiary/aromatic N) is 1. The highest BCUT2D eigenvalue weighted by atomic mass is 32.1. The summed E-state index contributed by atoms with van der Waals surface area (Å²) in [7, 11) is 0. The molecule has 22 heavy (non-hydrogen) atoms. The van der Waals surface area contributed by atoms with Crippen LogP contribution in [-0.4, -0.2) is 19.9 Å². The molecular weight excluding hydrogens is 328 g/mol. The molecule has 0 fully saturated rings. The topological polar surface area (TPSA) is 198 Å². The van der Waals surface area contributed by atoms with E-state index < -0.39 is 11.1 Å². The zero-order valence-corrected chi connectivity index (χ0v) is 12.3. The highest BCUT2D eigenvalue weighted by Crippen LogP contribution is 2.04. The normalized spacial score (nSPS) is 9.32. The maximum atomic E-state index is 10.9. The van der Waals surface area contributed by atoms with Crippen LogP contribution in [-0.2, 0) is 5.75 Å². The monoisotopic (exact) mass is 346 g/mol. The zero-order chi connectivity index (χ0) is 16.2. The van der Waals surface area contributed by atoms with Crippen LogP contribution in [0.3, 0.4) is 0 Å². The minimum Gasteiger partial charge on any atom is -0.391 e. The Morgan fingerprint density at radius 1 is 1.00 bits per heavy atom. The maximum absolute atomic E-state index is 10.9. The second kappa shape index (κ2) is 8.09. The number of rotatable bonds is 1. The lowest BCUT2D eigenvalue weighted by molar-refractivity contribution is 1.02. The molecule has 0 aliphatic heterocycles. The number of anilines is 4. The van der Waals surface area contributed by atoms with E-state index in [4.69, 9.17) is 22.9 Å². The molecule has 2 aromatic heterocycles. The molecule has 2 aromatic rings. The second-order valence-electron chi connectivity index (χ2n) is 3.71. The first kappa shape index (κ1) is 19.5. The molecule has 2 heterocycles. The number of hydrogen-bond acceptors (Lipinski definition) is 9. The van der Waals surface area contributed by atoms with Gasteiger partial charge in [0.2, 0.25) is 0 Å². The minimum atomic E-state index is -0.457. The van der Waals surface area contributed by atoms with Gasteiger partial charge in [0.15, 0.2) is 10.6 Å². The lowest BCUT2D eigenvalue weighted by Gasteiger charge is -1.99. The van der Waals surface area contributed by atoms with E-state index in [1.54, 1.807) is 0 Å². The smallest absolute Gasteiger partial charge is 0.277 e. The van der Waals surface area contributed by atoms with E-state index in [1.165, 1.54) is 0 Å². The summed E-state index contributed by atoms with van der Waals surface area (Å²) in [5, 5.41) is 0. The van der Waals surface area contributed by atoms with E-state index in [0.29, 0.717) is 11.6 Å². The Kier molecular flexibility index (Phi) is 7.18. The van der Waals surface area contributed by atoms with Gasteiger partial charge in [-0.25, -0.2) is 4.98 Å². The first-order valence-electron chi connectivity index (χ1n) is 5.38. The summed E-state index contributed by atoms with van der Waals surface area (Å²) in [4.78, 5) is 32.6. The van der Waals surface area contributed by atoms with Gasteiger partial charge < -0.3 is 32.9 Å². The molecule has 11 N–H and O–H groups in total. The van der Waals surface area contributed by atoms with Crippen molar-refractivity contribution in [2.75, 3.05) is 22.9 Å². The molecule has 10 nitrogen and oxygen atoms in total. The van der Waals surface area contributed by atoms with Crippen LogP contribution in [0.5, 0.6) is 0 Å². The van der Waals surface area contributed by atoms with Crippen LogP contribution in [0.2, 0.25) is 0 Å². The summed E-state index contributed by atoms with van der Waals surface area (Å²) in [6.07, 6.45) is 0. The summed E-state index contributed by atoms with van der Waals surface area (Å²) in [5.41, 5.74) is 20.1. The molecule has 0 spiro atoms. The first-order valence-corrected chi connectivity index (χ1v) is 6.42. The number of nitrogens with one attached hydrogen (secondary N) is 3. The molecule has 0 amide bonds. The fourth-order valence-electron chi connectivity index (χ4n) is 1.14. The lowest BCUT2D eigenvalue weighted by Crippen LogP contribution is -2.17. The van der Waals surface area contributed by atoms with Gasteiger partial charge in [0.1, 0.15) is 23.0 Å². The van der Waals surface area contributed by atoms with Gasteiger partial charge >= 0.3 is 0 Å². The average Bonchev–Trinajstić information content (AvgIpc) is 2.42. The van der Waals surface area contributed by atoms with Crippen LogP contribution >= 0.6 is 24.8 Å². The van der Waals surface area contributed by atoms with Gasteiger partial charge in [-0.3, -0.25) is 14.6 Å². The van der Waals surface area contributed by atoms with Crippen molar-refractivity contribution in [2.24, 2.45) is 0 Å². The number of thiol groups is 1. The molecule has 2 rings (SSSR count). The number of aromatic nitrogens is 4. The van der Waals surface area contributed by atoms with Crippen molar-refractivity contribution in [1.82, 2.24) is 19.9 Å². The first-order chi connectivity index (χ1) is 9.76. The molecular formula is C10H18N8O2S2. The molecule has 0 radical (unpaired) electrons. The molecule has 0 saturated heterocycles. The Hall–Kier alpha value is -2.47. The number of nitrogen functional groups attached to an aromatic ring is 4. The zero-order valence-electron chi connectivity index (χ0n) is 10.6. The molecule has 0 unspecified atom stereocenters. The third kappa shape index (κ3) is 4.82. The summed E-state index contributed by atoms with van der Waals surface area (Å²) < 4.78 is 0.178. The van der Waals surface area contributed by atoms with Crippen molar-refractivity contribution in [3.8, 4) is 0 Å². The van der Waals surface area contributed by atoms with Crippen molar-refractivity contribution >= 4 is 47.9 Å².